The first kappa shape index (κ1) is 25.5. The van der Waals surface area contributed by atoms with E-state index in [2.05, 4.69) is 64.5 Å². The number of nitrogens with one attached hydrogen (secondary N) is 1. The van der Waals surface area contributed by atoms with Gasteiger partial charge in [-0.1, -0.05) is 53.0 Å². The third-order valence-electron chi connectivity index (χ3n) is 5.86. The number of amides is 1. The van der Waals surface area contributed by atoms with Crippen LogP contribution in [-0.2, 0) is 0 Å². The molecule has 1 aliphatic rings. The zero-order valence-electron chi connectivity index (χ0n) is 20.6. The lowest BCUT2D eigenvalue weighted by atomic mass is 9.98. The fourth-order valence-electron chi connectivity index (χ4n) is 3.77. The molecule has 0 fully saturated rings. The maximum absolute atomic E-state index is 13.2. The SMILES string of the molecule is COc1cnc(Cl)cc1-c1cc(C)ncc1C(=O)Nc1nnc(OCC2=C(C)C(C)C=C(C)C=C2)s1. The summed E-state index contributed by atoms with van der Waals surface area (Å²) < 4.78 is 11.3. The lowest BCUT2D eigenvalue weighted by Crippen LogP contribution is -2.14. The van der Waals surface area contributed by atoms with E-state index in [0.29, 0.717) is 45.3 Å². The zero-order valence-corrected chi connectivity index (χ0v) is 22.2. The highest BCUT2D eigenvalue weighted by Gasteiger charge is 2.20. The highest BCUT2D eigenvalue weighted by Crippen LogP contribution is 2.34. The van der Waals surface area contributed by atoms with Crippen molar-refractivity contribution < 1.29 is 14.3 Å². The molecule has 1 unspecified atom stereocenters. The van der Waals surface area contributed by atoms with Gasteiger partial charge in [0.15, 0.2) is 0 Å². The van der Waals surface area contributed by atoms with Crippen molar-refractivity contribution in [1.82, 2.24) is 20.2 Å². The fourth-order valence-corrected chi connectivity index (χ4v) is 4.52. The predicted molar refractivity (Wildman–Crippen MR) is 142 cm³/mol. The van der Waals surface area contributed by atoms with Crippen LogP contribution < -0.4 is 14.8 Å². The zero-order chi connectivity index (χ0) is 25.8. The molecule has 0 saturated heterocycles. The molecule has 186 valence electrons. The molecule has 0 aliphatic heterocycles. The van der Waals surface area contributed by atoms with Crippen molar-refractivity contribution in [2.45, 2.75) is 27.7 Å². The maximum atomic E-state index is 13.2. The highest BCUT2D eigenvalue weighted by molar-refractivity contribution is 7.17. The average Bonchev–Trinajstić information content (AvgIpc) is 3.25. The Balaban J connectivity index is 1.51. The molecule has 0 radical (unpaired) electrons. The minimum Gasteiger partial charge on any atom is -0.494 e. The second-order valence-corrected chi connectivity index (χ2v) is 9.76. The molecule has 36 heavy (non-hydrogen) atoms. The summed E-state index contributed by atoms with van der Waals surface area (Å²) in [5.74, 6) is 0.424. The van der Waals surface area contributed by atoms with Crippen LogP contribution in [0.5, 0.6) is 10.9 Å². The molecule has 0 saturated carbocycles. The Morgan fingerprint density at radius 2 is 1.92 bits per heavy atom. The number of hydrogen-bond acceptors (Lipinski definition) is 8. The number of aryl methyl sites for hydroxylation is 1. The van der Waals surface area contributed by atoms with E-state index in [-0.39, 0.29) is 5.15 Å². The summed E-state index contributed by atoms with van der Waals surface area (Å²) in [6.07, 6.45) is 9.40. The van der Waals surface area contributed by atoms with Gasteiger partial charge in [0.25, 0.3) is 11.1 Å². The summed E-state index contributed by atoms with van der Waals surface area (Å²) >= 11 is 7.28. The molecule has 0 spiro atoms. The average molecular weight is 524 g/mol. The van der Waals surface area contributed by atoms with Crippen LogP contribution in [0.3, 0.4) is 0 Å². The van der Waals surface area contributed by atoms with Gasteiger partial charge in [0.1, 0.15) is 17.5 Å². The van der Waals surface area contributed by atoms with Crippen LogP contribution in [-0.4, -0.2) is 39.8 Å². The molecule has 4 rings (SSSR count). The van der Waals surface area contributed by atoms with Crippen molar-refractivity contribution in [2.75, 3.05) is 19.0 Å². The quantitative estimate of drug-likeness (QED) is 0.375. The number of ether oxygens (including phenoxy) is 2. The first-order chi connectivity index (χ1) is 17.2. The van der Waals surface area contributed by atoms with Gasteiger partial charge in [-0.2, -0.15) is 0 Å². The maximum Gasteiger partial charge on any atom is 0.296 e. The van der Waals surface area contributed by atoms with Crippen LogP contribution in [0.25, 0.3) is 11.1 Å². The van der Waals surface area contributed by atoms with Gasteiger partial charge in [0, 0.05) is 23.0 Å². The van der Waals surface area contributed by atoms with Crippen molar-refractivity contribution in [1.29, 1.82) is 0 Å². The van der Waals surface area contributed by atoms with Crippen LogP contribution in [0.4, 0.5) is 5.13 Å². The van der Waals surface area contributed by atoms with Gasteiger partial charge >= 0.3 is 0 Å². The molecular formula is C26H26ClN5O3S. The van der Waals surface area contributed by atoms with Crippen molar-refractivity contribution in [3.63, 3.8) is 0 Å². The number of anilines is 1. The van der Waals surface area contributed by atoms with Gasteiger partial charge in [-0.15, -0.1) is 5.10 Å². The smallest absolute Gasteiger partial charge is 0.296 e. The largest absolute Gasteiger partial charge is 0.494 e. The summed E-state index contributed by atoms with van der Waals surface area (Å²) in [6.45, 7) is 8.55. The normalized spacial score (nSPS) is 15.4. The summed E-state index contributed by atoms with van der Waals surface area (Å²) in [5, 5.41) is 11.9. The summed E-state index contributed by atoms with van der Waals surface area (Å²) in [6, 6.07) is 3.45. The first-order valence-electron chi connectivity index (χ1n) is 11.3. The first-order valence-corrected chi connectivity index (χ1v) is 12.4. The Labute approximate surface area is 218 Å². The van der Waals surface area contributed by atoms with Crippen molar-refractivity contribution in [3.05, 3.63) is 75.9 Å². The molecule has 1 atom stereocenters. The van der Waals surface area contributed by atoms with Crippen LogP contribution >= 0.6 is 22.9 Å². The van der Waals surface area contributed by atoms with Crippen LogP contribution in [0.15, 0.2) is 59.5 Å². The number of allylic oxidation sites excluding steroid dienone is 4. The number of hydrogen-bond donors (Lipinski definition) is 1. The van der Waals surface area contributed by atoms with Crippen LogP contribution in [0.2, 0.25) is 5.15 Å². The second-order valence-electron chi connectivity index (χ2n) is 8.44. The van der Waals surface area contributed by atoms with Gasteiger partial charge < -0.3 is 9.47 Å². The standard InChI is InChI=1S/C26H26ClN5O3S/c1-14-6-7-18(17(4)15(2)8-14)13-35-26-32-31-25(36-26)30-24(33)21-11-28-16(3)9-19(21)20-10-23(27)29-12-22(20)34-5/h6-12,15H,13H2,1-5H3,(H,30,31,33). The van der Waals surface area contributed by atoms with Gasteiger partial charge in [-0.05, 0) is 55.7 Å². The summed E-state index contributed by atoms with van der Waals surface area (Å²) in [7, 11) is 1.53. The summed E-state index contributed by atoms with van der Waals surface area (Å²) in [5.41, 5.74) is 5.87. The van der Waals surface area contributed by atoms with Gasteiger partial charge in [-0.25, -0.2) is 4.98 Å². The second kappa shape index (κ2) is 11.0. The Hall–Kier alpha value is -3.56. The Morgan fingerprint density at radius 3 is 2.69 bits per heavy atom. The topological polar surface area (TPSA) is 99.1 Å². The number of pyridine rings is 2. The number of aromatic nitrogens is 4. The van der Waals surface area contributed by atoms with E-state index in [0.717, 1.165) is 22.6 Å². The van der Waals surface area contributed by atoms with E-state index >= 15 is 0 Å². The molecular weight excluding hydrogens is 498 g/mol. The fraction of sp³-hybridized carbons (Fsp3) is 0.269. The lowest BCUT2D eigenvalue weighted by Gasteiger charge is -2.13. The van der Waals surface area contributed by atoms with Crippen molar-refractivity contribution in [2.24, 2.45) is 5.92 Å². The van der Waals surface area contributed by atoms with E-state index in [1.807, 2.05) is 6.92 Å². The number of carbonyl (C=O) groups is 1. The van der Waals surface area contributed by atoms with E-state index < -0.39 is 5.91 Å². The number of methoxy groups -OCH3 is 1. The van der Waals surface area contributed by atoms with E-state index in [1.54, 1.807) is 12.1 Å². The highest BCUT2D eigenvalue weighted by atomic mass is 35.5. The Bertz CT molecular complexity index is 1400. The Kier molecular flexibility index (Phi) is 7.81. The third-order valence-corrected chi connectivity index (χ3v) is 6.82. The van der Waals surface area contributed by atoms with E-state index in [9.17, 15) is 4.79 Å². The summed E-state index contributed by atoms with van der Waals surface area (Å²) in [4.78, 5) is 21.6. The molecule has 8 nitrogen and oxygen atoms in total. The molecule has 3 aromatic heterocycles. The van der Waals surface area contributed by atoms with Crippen LogP contribution in [0.1, 0.15) is 36.8 Å². The number of nitrogens with zero attached hydrogens (tertiary/aromatic N) is 4. The molecule has 0 bridgehead atoms. The minimum absolute atomic E-state index is 0.284. The molecule has 3 aromatic rings. The van der Waals surface area contributed by atoms with E-state index in [1.165, 1.54) is 30.6 Å². The van der Waals surface area contributed by atoms with Crippen molar-refractivity contribution >= 4 is 34.0 Å². The predicted octanol–water partition coefficient (Wildman–Crippen LogP) is 6.07. The number of halogens is 1. The van der Waals surface area contributed by atoms with Gasteiger partial charge in [0.05, 0.1) is 18.9 Å². The lowest BCUT2D eigenvalue weighted by molar-refractivity contribution is 0.102. The molecule has 1 amide bonds. The minimum atomic E-state index is -0.393. The molecule has 1 N–H and O–H groups in total. The third kappa shape index (κ3) is 5.80. The molecule has 3 heterocycles. The number of carbonyl (C=O) groups excluding carboxylic acids is 1. The number of rotatable bonds is 7. The molecule has 0 aromatic carbocycles. The molecule has 1 aliphatic carbocycles. The van der Waals surface area contributed by atoms with Crippen molar-refractivity contribution in [3.8, 4) is 22.1 Å². The Morgan fingerprint density at radius 1 is 1.11 bits per heavy atom. The van der Waals surface area contributed by atoms with E-state index in [4.69, 9.17) is 21.1 Å². The van der Waals surface area contributed by atoms with Gasteiger partial charge in [-0.3, -0.25) is 15.1 Å². The monoisotopic (exact) mass is 523 g/mol. The van der Waals surface area contributed by atoms with Crippen LogP contribution in [0, 0.1) is 12.8 Å². The van der Waals surface area contributed by atoms with Gasteiger partial charge in [0.2, 0.25) is 5.13 Å². The molecule has 10 heteroatoms.